The largest absolute Gasteiger partial charge is 0.494 e. The normalized spacial score (nSPS) is 14.0. The van der Waals surface area contributed by atoms with Gasteiger partial charge in [0.2, 0.25) is 5.95 Å². The van der Waals surface area contributed by atoms with Crippen LogP contribution in [0.4, 0.5) is 28.8 Å². The molecule has 1 fully saturated rings. The van der Waals surface area contributed by atoms with E-state index in [-0.39, 0.29) is 0 Å². The Bertz CT molecular complexity index is 1380. The maximum absolute atomic E-state index is 11.9. The Morgan fingerprint density at radius 2 is 1.83 bits per heavy atom. The van der Waals surface area contributed by atoms with Gasteiger partial charge in [-0.15, -0.1) is 11.3 Å². The number of anilines is 5. The van der Waals surface area contributed by atoms with Crippen LogP contribution in [0.5, 0.6) is 5.75 Å². The molecule has 0 bridgehead atoms. The van der Waals surface area contributed by atoms with Crippen LogP contribution in [0, 0.1) is 0 Å². The number of nitrogens with one attached hydrogen (secondary N) is 2. The fraction of sp³-hybridized carbons (Fsp3) is 0.269. The van der Waals surface area contributed by atoms with Crippen molar-refractivity contribution in [2.75, 3.05) is 63.0 Å². The summed E-state index contributed by atoms with van der Waals surface area (Å²) in [5.41, 5.74) is 3.92. The molecule has 2 aromatic heterocycles. The minimum absolute atomic E-state index is 0.392. The van der Waals surface area contributed by atoms with Crippen molar-refractivity contribution < 1.29 is 14.3 Å². The van der Waals surface area contributed by atoms with Gasteiger partial charge in [-0.05, 0) is 48.8 Å². The molecule has 4 aromatic rings. The molecule has 0 aliphatic carbocycles. The van der Waals surface area contributed by atoms with Crippen LogP contribution in [0.15, 0.2) is 53.9 Å². The number of piperazine rings is 1. The van der Waals surface area contributed by atoms with Gasteiger partial charge in [0.25, 0.3) is 0 Å². The monoisotopic (exact) mass is 504 g/mol. The van der Waals surface area contributed by atoms with E-state index in [0.717, 1.165) is 59.2 Å². The van der Waals surface area contributed by atoms with E-state index in [9.17, 15) is 4.79 Å². The molecule has 186 valence electrons. The van der Waals surface area contributed by atoms with Crippen LogP contribution in [-0.4, -0.2) is 68.3 Å². The van der Waals surface area contributed by atoms with Gasteiger partial charge in [-0.25, -0.2) is 9.78 Å². The number of hydrogen-bond acceptors (Lipinski definition) is 10. The van der Waals surface area contributed by atoms with Crippen molar-refractivity contribution in [2.45, 2.75) is 0 Å². The van der Waals surface area contributed by atoms with Crippen molar-refractivity contribution in [3.63, 3.8) is 0 Å². The minimum Gasteiger partial charge on any atom is -0.494 e. The Labute approximate surface area is 213 Å². The Morgan fingerprint density at radius 1 is 1.00 bits per heavy atom. The average molecular weight is 505 g/mol. The van der Waals surface area contributed by atoms with E-state index in [2.05, 4.69) is 33.5 Å². The van der Waals surface area contributed by atoms with Gasteiger partial charge < -0.3 is 29.9 Å². The lowest BCUT2D eigenvalue weighted by Gasteiger charge is -2.34. The lowest BCUT2D eigenvalue weighted by Crippen LogP contribution is -2.44. The summed E-state index contributed by atoms with van der Waals surface area (Å²) in [5, 5.41) is 8.63. The van der Waals surface area contributed by atoms with Gasteiger partial charge in [0.15, 0.2) is 5.82 Å². The predicted octanol–water partition coefficient (Wildman–Crippen LogP) is 4.73. The number of carbonyl (C=O) groups is 1. The number of aromatic nitrogens is 2. The summed E-state index contributed by atoms with van der Waals surface area (Å²) in [6, 6.07) is 15.2. The number of carbonyl (C=O) groups excluding carboxylic acids is 1. The first-order chi connectivity index (χ1) is 17.5. The van der Waals surface area contributed by atoms with E-state index < -0.39 is 5.97 Å². The third-order valence-electron chi connectivity index (χ3n) is 6.15. The summed E-state index contributed by atoms with van der Waals surface area (Å²) in [5.74, 6) is 1.42. The van der Waals surface area contributed by atoms with E-state index in [1.165, 1.54) is 7.11 Å². The minimum atomic E-state index is -0.392. The Hall–Kier alpha value is -3.89. The van der Waals surface area contributed by atoms with Crippen molar-refractivity contribution in [1.29, 1.82) is 0 Å². The average Bonchev–Trinajstić information content (AvgIpc) is 3.38. The van der Waals surface area contributed by atoms with Crippen molar-refractivity contribution >= 4 is 56.4 Å². The van der Waals surface area contributed by atoms with Crippen LogP contribution in [0.25, 0.3) is 10.2 Å². The highest BCUT2D eigenvalue weighted by Crippen LogP contribution is 2.34. The van der Waals surface area contributed by atoms with Crippen molar-refractivity contribution in [3.05, 3.63) is 59.5 Å². The fourth-order valence-corrected chi connectivity index (χ4v) is 4.92. The predicted molar refractivity (Wildman–Crippen MR) is 144 cm³/mol. The van der Waals surface area contributed by atoms with Gasteiger partial charge in [-0.2, -0.15) is 4.98 Å². The molecule has 9 nitrogen and oxygen atoms in total. The first kappa shape index (κ1) is 23.8. The highest BCUT2D eigenvalue weighted by molar-refractivity contribution is 7.17. The molecule has 0 amide bonds. The van der Waals surface area contributed by atoms with Crippen molar-refractivity contribution in [2.24, 2.45) is 0 Å². The molecule has 2 N–H and O–H groups in total. The zero-order valence-corrected chi connectivity index (χ0v) is 21.3. The smallest absolute Gasteiger partial charge is 0.337 e. The van der Waals surface area contributed by atoms with Crippen LogP contribution >= 0.6 is 11.3 Å². The van der Waals surface area contributed by atoms with Crippen molar-refractivity contribution in [1.82, 2.24) is 14.9 Å². The summed E-state index contributed by atoms with van der Waals surface area (Å²) in [4.78, 5) is 26.1. The number of thiophene rings is 1. The number of rotatable bonds is 7. The van der Waals surface area contributed by atoms with Gasteiger partial charge in [-0.1, -0.05) is 6.07 Å². The second-order valence-corrected chi connectivity index (χ2v) is 9.44. The van der Waals surface area contributed by atoms with Gasteiger partial charge in [0.05, 0.1) is 35.7 Å². The number of ether oxygens (including phenoxy) is 2. The first-order valence-electron chi connectivity index (χ1n) is 11.6. The summed E-state index contributed by atoms with van der Waals surface area (Å²) in [7, 11) is 5.18. The number of benzene rings is 2. The molecule has 10 heteroatoms. The maximum atomic E-state index is 11.9. The van der Waals surface area contributed by atoms with Gasteiger partial charge in [0, 0.05) is 43.6 Å². The molecule has 1 aliphatic rings. The quantitative estimate of drug-likeness (QED) is 0.347. The van der Waals surface area contributed by atoms with Gasteiger partial charge in [0.1, 0.15) is 5.75 Å². The molecule has 0 saturated carbocycles. The lowest BCUT2D eigenvalue weighted by atomic mass is 10.2. The molecule has 36 heavy (non-hydrogen) atoms. The zero-order chi connectivity index (χ0) is 25.1. The summed E-state index contributed by atoms with van der Waals surface area (Å²) in [6.45, 7) is 4.04. The zero-order valence-electron chi connectivity index (χ0n) is 20.4. The molecule has 1 aliphatic heterocycles. The molecule has 0 unspecified atom stereocenters. The highest BCUT2D eigenvalue weighted by Gasteiger charge is 2.17. The number of fused-ring (bicyclic) bond motifs is 1. The van der Waals surface area contributed by atoms with Crippen LogP contribution in [0.2, 0.25) is 0 Å². The fourth-order valence-electron chi connectivity index (χ4n) is 4.15. The molecule has 3 heterocycles. The number of hydrogen-bond donors (Lipinski definition) is 2. The highest BCUT2D eigenvalue weighted by atomic mass is 32.1. The number of nitrogens with zero attached hydrogens (tertiary/aromatic N) is 4. The number of methoxy groups -OCH3 is 2. The molecule has 0 spiro atoms. The third-order valence-corrected chi connectivity index (χ3v) is 7.06. The summed E-state index contributed by atoms with van der Waals surface area (Å²) < 4.78 is 11.5. The van der Waals surface area contributed by atoms with E-state index in [1.807, 2.05) is 29.6 Å². The van der Waals surface area contributed by atoms with Crippen molar-refractivity contribution in [3.8, 4) is 5.75 Å². The van der Waals surface area contributed by atoms with E-state index >= 15 is 0 Å². The molecular formula is C26H28N6O3S. The summed E-state index contributed by atoms with van der Waals surface area (Å²) >= 11 is 1.55. The van der Waals surface area contributed by atoms with Crippen LogP contribution < -0.4 is 20.3 Å². The molecule has 0 radical (unpaired) electrons. The summed E-state index contributed by atoms with van der Waals surface area (Å²) in [6.07, 6.45) is 0. The van der Waals surface area contributed by atoms with Crippen LogP contribution in [-0.2, 0) is 4.74 Å². The van der Waals surface area contributed by atoms with Gasteiger partial charge >= 0.3 is 5.97 Å². The standard InChI is InChI=1S/C26H28N6O3S/c1-31-10-12-32(13-11-31)19-7-8-20(22(16-19)34-2)28-26-29-21-9-14-36-23(21)24(30-26)27-18-6-4-5-17(15-18)25(33)35-3/h4-9,14-16H,10-13H2,1-3H3,(H2,27,28,29,30). The first-order valence-corrected chi connectivity index (χ1v) is 12.5. The molecule has 2 aromatic carbocycles. The third kappa shape index (κ3) is 5.05. The van der Waals surface area contributed by atoms with E-state index in [0.29, 0.717) is 17.3 Å². The van der Waals surface area contributed by atoms with E-state index in [1.54, 1.807) is 36.6 Å². The second-order valence-electron chi connectivity index (χ2n) is 8.53. The van der Waals surface area contributed by atoms with Crippen LogP contribution in [0.1, 0.15) is 10.4 Å². The topological polar surface area (TPSA) is 91.8 Å². The molecule has 1 saturated heterocycles. The number of esters is 1. The number of likely N-dealkylation sites (N-methyl/N-ethyl adjacent to an activating group) is 1. The Morgan fingerprint density at radius 3 is 2.61 bits per heavy atom. The lowest BCUT2D eigenvalue weighted by molar-refractivity contribution is 0.0601. The van der Waals surface area contributed by atoms with Crippen LogP contribution in [0.3, 0.4) is 0 Å². The SMILES string of the molecule is COC(=O)c1cccc(Nc2nc(Nc3ccc(N4CCN(C)CC4)cc3OC)nc3ccsc23)c1. The molecule has 5 rings (SSSR count). The Balaban J connectivity index is 1.42. The Kier molecular flexibility index (Phi) is 6.88. The van der Waals surface area contributed by atoms with Gasteiger partial charge in [-0.3, -0.25) is 0 Å². The molecular weight excluding hydrogens is 476 g/mol. The van der Waals surface area contributed by atoms with E-state index in [4.69, 9.17) is 19.4 Å². The second kappa shape index (κ2) is 10.4. The maximum Gasteiger partial charge on any atom is 0.337 e. The molecule has 0 atom stereocenters.